The number of nitrogens with zero attached hydrogens (tertiary/aromatic N) is 5. The fourth-order valence-corrected chi connectivity index (χ4v) is 5.11. The predicted molar refractivity (Wildman–Crippen MR) is 169 cm³/mol. The van der Waals surface area contributed by atoms with Gasteiger partial charge in [0.15, 0.2) is 28.8 Å². The van der Waals surface area contributed by atoms with Crippen LogP contribution in [0, 0.1) is 5.82 Å². The predicted octanol–water partition coefficient (Wildman–Crippen LogP) is 5.87. The van der Waals surface area contributed by atoms with E-state index in [-0.39, 0.29) is 17.1 Å². The average molecular weight is 678 g/mol. The van der Waals surface area contributed by atoms with E-state index in [9.17, 15) is 4.79 Å². The van der Waals surface area contributed by atoms with Crippen molar-refractivity contribution in [2.24, 2.45) is 0 Å². The standard InChI is InChI=1S/C32H30BrFN6O5/c1-42-30-18-24-26(19-31(30)44-14-2-11-39-12-15-43-16-13-39)35-10-9-28(24)45-29-8-5-22(17-25(29)34)36-32(41)27-20-40(38-37-27)23-6-3-21(33)4-7-23/h3-10,17-20H,2,11-16H2,1H3,(H,36,41). The summed E-state index contributed by atoms with van der Waals surface area (Å²) in [6.07, 6.45) is 3.94. The van der Waals surface area contributed by atoms with Crippen LogP contribution in [0.5, 0.6) is 23.0 Å². The topological polar surface area (TPSA) is 113 Å². The van der Waals surface area contributed by atoms with Crippen LogP contribution in [0.15, 0.2) is 77.5 Å². The largest absolute Gasteiger partial charge is 0.493 e. The zero-order chi connectivity index (χ0) is 31.2. The highest BCUT2D eigenvalue weighted by Crippen LogP contribution is 2.38. The molecule has 0 atom stereocenters. The molecule has 1 aliphatic rings. The summed E-state index contributed by atoms with van der Waals surface area (Å²) in [7, 11) is 1.56. The zero-order valence-corrected chi connectivity index (χ0v) is 26.0. The Morgan fingerprint density at radius 2 is 1.84 bits per heavy atom. The van der Waals surface area contributed by atoms with Gasteiger partial charge in [-0.2, -0.15) is 0 Å². The Hall–Kier alpha value is -4.59. The molecule has 6 rings (SSSR count). The smallest absolute Gasteiger partial charge is 0.277 e. The molecule has 13 heteroatoms. The molecule has 0 saturated carbocycles. The van der Waals surface area contributed by atoms with Gasteiger partial charge in [-0.15, -0.1) is 5.10 Å². The Labute approximate surface area is 267 Å². The lowest BCUT2D eigenvalue weighted by molar-refractivity contribution is 0.0357. The van der Waals surface area contributed by atoms with E-state index >= 15 is 4.39 Å². The Morgan fingerprint density at radius 3 is 2.62 bits per heavy atom. The van der Waals surface area contributed by atoms with Crippen molar-refractivity contribution in [2.75, 3.05) is 51.9 Å². The van der Waals surface area contributed by atoms with Crippen molar-refractivity contribution in [3.05, 3.63) is 89.0 Å². The van der Waals surface area contributed by atoms with Gasteiger partial charge in [-0.25, -0.2) is 9.07 Å². The Morgan fingerprint density at radius 1 is 1.02 bits per heavy atom. The molecule has 3 aromatic carbocycles. The summed E-state index contributed by atoms with van der Waals surface area (Å²) in [4.78, 5) is 19.6. The van der Waals surface area contributed by atoms with Crippen LogP contribution in [0.3, 0.4) is 0 Å². The number of ether oxygens (including phenoxy) is 4. The molecule has 1 saturated heterocycles. The highest BCUT2D eigenvalue weighted by Gasteiger charge is 2.17. The average Bonchev–Trinajstić information content (AvgIpc) is 3.56. The highest BCUT2D eigenvalue weighted by atomic mass is 79.9. The van der Waals surface area contributed by atoms with Crippen LogP contribution in [0.25, 0.3) is 16.6 Å². The van der Waals surface area contributed by atoms with Crippen molar-refractivity contribution in [2.45, 2.75) is 6.42 Å². The molecule has 2 aromatic heterocycles. The van der Waals surface area contributed by atoms with E-state index in [4.69, 9.17) is 18.9 Å². The Balaban J connectivity index is 1.11. The van der Waals surface area contributed by atoms with E-state index in [0.29, 0.717) is 34.8 Å². The number of pyridine rings is 1. The quantitative estimate of drug-likeness (QED) is 0.172. The number of halogens is 2. The second-order valence-electron chi connectivity index (χ2n) is 10.2. The zero-order valence-electron chi connectivity index (χ0n) is 24.4. The number of hydrogen-bond acceptors (Lipinski definition) is 9. The summed E-state index contributed by atoms with van der Waals surface area (Å²) in [5.41, 5.74) is 1.66. The van der Waals surface area contributed by atoms with Crippen molar-refractivity contribution in [1.29, 1.82) is 0 Å². The number of carbonyl (C=O) groups is 1. The number of hydrogen-bond donors (Lipinski definition) is 1. The maximum Gasteiger partial charge on any atom is 0.277 e. The first-order chi connectivity index (χ1) is 22.0. The molecular formula is C32H30BrFN6O5. The number of carbonyl (C=O) groups excluding carboxylic acids is 1. The van der Waals surface area contributed by atoms with E-state index in [2.05, 4.69) is 41.4 Å². The van der Waals surface area contributed by atoms with Gasteiger partial charge in [-0.1, -0.05) is 21.1 Å². The number of aromatic nitrogens is 4. The third-order valence-corrected chi connectivity index (χ3v) is 7.72. The second-order valence-corrected chi connectivity index (χ2v) is 11.1. The van der Waals surface area contributed by atoms with Crippen LogP contribution in [0.1, 0.15) is 16.9 Å². The molecule has 232 valence electrons. The number of amides is 1. The summed E-state index contributed by atoms with van der Waals surface area (Å²) in [5, 5.41) is 11.2. The third-order valence-electron chi connectivity index (χ3n) is 7.19. The van der Waals surface area contributed by atoms with Gasteiger partial charge in [-0.3, -0.25) is 14.7 Å². The number of anilines is 1. The number of benzene rings is 3. The Bertz CT molecular complexity index is 1800. The third kappa shape index (κ3) is 7.39. The molecule has 11 nitrogen and oxygen atoms in total. The molecule has 0 aliphatic carbocycles. The summed E-state index contributed by atoms with van der Waals surface area (Å²) < 4.78 is 40.6. The maximum absolute atomic E-state index is 15.2. The van der Waals surface area contributed by atoms with Gasteiger partial charge in [0.2, 0.25) is 0 Å². The first-order valence-electron chi connectivity index (χ1n) is 14.3. The molecule has 0 radical (unpaired) electrons. The molecule has 0 spiro atoms. The lowest BCUT2D eigenvalue weighted by Crippen LogP contribution is -2.37. The van der Waals surface area contributed by atoms with Gasteiger partial charge >= 0.3 is 0 Å². The van der Waals surface area contributed by atoms with Crippen molar-refractivity contribution in [3.8, 4) is 28.7 Å². The summed E-state index contributed by atoms with van der Waals surface area (Å²) in [6, 6.07) is 16.7. The van der Waals surface area contributed by atoms with Crippen LogP contribution in [-0.2, 0) is 4.74 Å². The van der Waals surface area contributed by atoms with Crippen LogP contribution in [0.4, 0.5) is 10.1 Å². The van der Waals surface area contributed by atoms with Crippen LogP contribution < -0.4 is 19.5 Å². The van der Waals surface area contributed by atoms with Gasteiger partial charge in [0.1, 0.15) is 5.75 Å². The summed E-state index contributed by atoms with van der Waals surface area (Å²) in [6.45, 7) is 4.84. The molecule has 1 fully saturated rings. The number of nitrogens with one attached hydrogen (secondary N) is 1. The first-order valence-corrected chi connectivity index (χ1v) is 15.1. The van der Waals surface area contributed by atoms with Crippen molar-refractivity contribution in [1.82, 2.24) is 24.9 Å². The van der Waals surface area contributed by atoms with E-state index < -0.39 is 11.7 Å². The first kappa shape index (κ1) is 30.4. The number of fused-ring (bicyclic) bond motifs is 1. The lowest BCUT2D eigenvalue weighted by atomic mass is 10.1. The van der Waals surface area contributed by atoms with Crippen molar-refractivity contribution >= 4 is 38.4 Å². The molecule has 1 aliphatic heterocycles. The van der Waals surface area contributed by atoms with Crippen LogP contribution >= 0.6 is 15.9 Å². The SMILES string of the molecule is COc1cc2c(Oc3ccc(NC(=O)c4cn(-c5ccc(Br)cc5)nn4)cc3F)ccnc2cc1OCCCN1CCOCC1. The van der Waals surface area contributed by atoms with E-state index in [1.54, 1.807) is 37.6 Å². The molecule has 1 amide bonds. The lowest BCUT2D eigenvalue weighted by Gasteiger charge is -2.26. The van der Waals surface area contributed by atoms with Crippen molar-refractivity contribution in [3.63, 3.8) is 0 Å². The summed E-state index contributed by atoms with van der Waals surface area (Å²) >= 11 is 3.39. The van der Waals surface area contributed by atoms with Gasteiger partial charge < -0.3 is 24.3 Å². The second kappa shape index (κ2) is 14.0. The normalized spacial score (nSPS) is 13.5. The molecule has 45 heavy (non-hydrogen) atoms. The van der Waals surface area contributed by atoms with E-state index in [0.717, 1.165) is 49.4 Å². The minimum atomic E-state index is -0.663. The maximum atomic E-state index is 15.2. The van der Waals surface area contributed by atoms with Gasteiger partial charge in [0.05, 0.1) is 44.3 Å². The minimum absolute atomic E-state index is 0.0240. The fourth-order valence-electron chi connectivity index (χ4n) is 4.85. The Kier molecular flexibility index (Phi) is 9.48. The van der Waals surface area contributed by atoms with E-state index in [1.165, 1.54) is 23.0 Å². The molecule has 1 N–H and O–H groups in total. The minimum Gasteiger partial charge on any atom is -0.493 e. The number of morpholine rings is 1. The molecule has 3 heterocycles. The molecule has 0 unspecified atom stereocenters. The van der Waals surface area contributed by atoms with Gasteiger partial charge in [-0.05, 0) is 55.0 Å². The monoisotopic (exact) mass is 676 g/mol. The highest BCUT2D eigenvalue weighted by molar-refractivity contribution is 9.10. The number of methoxy groups -OCH3 is 1. The molecular weight excluding hydrogens is 647 g/mol. The fraction of sp³-hybridized carbons (Fsp3) is 0.250. The molecule has 0 bridgehead atoms. The molecule has 5 aromatic rings. The van der Waals surface area contributed by atoms with Gasteiger partial charge in [0, 0.05) is 53.5 Å². The van der Waals surface area contributed by atoms with Crippen molar-refractivity contribution < 1.29 is 28.1 Å². The van der Waals surface area contributed by atoms with Gasteiger partial charge in [0.25, 0.3) is 5.91 Å². The van der Waals surface area contributed by atoms with E-state index in [1.807, 2.05) is 24.3 Å². The summed E-state index contributed by atoms with van der Waals surface area (Å²) in [5.74, 6) is 0.254. The van der Waals surface area contributed by atoms with Crippen LogP contribution in [-0.4, -0.2) is 77.3 Å². The van der Waals surface area contributed by atoms with Crippen LogP contribution in [0.2, 0.25) is 0 Å². The number of rotatable bonds is 11.